The molecule has 7 nitrogen and oxygen atoms in total. The molecule has 1 aliphatic heterocycles. The van der Waals surface area contributed by atoms with Crippen molar-refractivity contribution in [2.24, 2.45) is 0 Å². The molecule has 4 aromatic rings. The van der Waals surface area contributed by atoms with Crippen molar-refractivity contribution in [1.29, 1.82) is 0 Å². The summed E-state index contributed by atoms with van der Waals surface area (Å²) < 4.78 is 13.1. The van der Waals surface area contributed by atoms with Gasteiger partial charge in [-0.2, -0.15) is 0 Å². The van der Waals surface area contributed by atoms with E-state index in [1.54, 1.807) is 6.07 Å². The number of hydrogen-bond acceptors (Lipinski definition) is 6. The third-order valence-corrected chi connectivity index (χ3v) is 6.08. The second-order valence-corrected chi connectivity index (χ2v) is 8.44. The summed E-state index contributed by atoms with van der Waals surface area (Å²) in [5.74, 6) is 1.22. The van der Waals surface area contributed by atoms with E-state index < -0.39 is 0 Å². The summed E-state index contributed by atoms with van der Waals surface area (Å²) in [4.78, 5) is 12.8. The number of anilines is 1. The summed E-state index contributed by atoms with van der Waals surface area (Å²) >= 11 is 1.38. The minimum absolute atomic E-state index is 0.121. The van der Waals surface area contributed by atoms with Gasteiger partial charge in [-0.15, -0.1) is 10.2 Å². The van der Waals surface area contributed by atoms with Gasteiger partial charge in [0.05, 0.1) is 10.8 Å². The number of fused-ring (bicyclic) bond motifs is 4. The zero-order valence-corrected chi connectivity index (χ0v) is 17.4. The van der Waals surface area contributed by atoms with Crippen LogP contribution in [-0.4, -0.2) is 39.0 Å². The van der Waals surface area contributed by atoms with E-state index in [2.05, 4.69) is 28.5 Å². The maximum atomic E-state index is 12.8. The van der Waals surface area contributed by atoms with Gasteiger partial charge in [0, 0.05) is 17.1 Å². The van der Waals surface area contributed by atoms with E-state index in [4.69, 9.17) is 9.47 Å². The lowest BCUT2D eigenvalue weighted by molar-refractivity contribution is -0.115. The molecular weight excluding hydrogens is 400 g/mol. The lowest BCUT2D eigenvalue weighted by Crippen LogP contribution is -2.23. The minimum Gasteiger partial charge on any atom is -0.486 e. The van der Waals surface area contributed by atoms with Crippen molar-refractivity contribution in [3.63, 3.8) is 0 Å². The van der Waals surface area contributed by atoms with Crippen molar-refractivity contribution in [2.45, 2.75) is 24.3 Å². The van der Waals surface area contributed by atoms with Crippen LogP contribution < -0.4 is 14.8 Å². The molecule has 1 amide bonds. The fraction of sp³-hybridized carbons (Fsp3) is 0.227. The molecule has 1 aliphatic rings. The van der Waals surface area contributed by atoms with Gasteiger partial charge in [-0.1, -0.05) is 30.0 Å². The maximum absolute atomic E-state index is 12.8. The molecule has 0 radical (unpaired) electrons. The predicted molar refractivity (Wildman–Crippen MR) is 117 cm³/mol. The number of benzene rings is 2. The first-order chi connectivity index (χ1) is 14.6. The van der Waals surface area contributed by atoms with Crippen LogP contribution in [0.2, 0.25) is 0 Å². The van der Waals surface area contributed by atoms with Gasteiger partial charge in [-0.3, -0.25) is 9.20 Å². The Labute approximate surface area is 177 Å². The van der Waals surface area contributed by atoms with Crippen molar-refractivity contribution in [2.75, 3.05) is 18.5 Å². The summed E-state index contributed by atoms with van der Waals surface area (Å²) in [6.45, 7) is 4.96. The van der Waals surface area contributed by atoms with E-state index in [0.717, 1.165) is 22.1 Å². The average Bonchev–Trinajstić information content (AvgIpc) is 3.16. The number of aryl methyl sites for hydroxylation is 1. The first-order valence-corrected chi connectivity index (χ1v) is 10.6. The first-order valence-electron chi connectivity index (χ1n) is 9.71. The van der Waals surface area contributed by atoms with E-state index in [1.165, 1.54) is 11.8 Å². The van der Waals surface area contributed by atoms with Gasteiger partial charge in [0.1, 0.15) is 13.2 Å². The van der Waals surface area contributed by atoms with Crippen LogP contribution in [0, 0.1) is 6.92 Å². The highest BCUT2D eigenvalue weighted by Gasteiger charge is 2.20. The van der Waals surface area contributed by atoms with Crippen LogP contribution in [0.4, 0.5) is 5.69 Å². The van der Waals surface area contributed by atoms with E-state index in [1.807, 2.05) is 47.7 Å². The topological polar surface area (TPSA) is 77.8 Å². The molecule has 1 atom stereocenters. The Morgan fingerprint density at radius 3 is 2.77 bits per heavy atom. The number of thioether (sulfide) groups is 1. The molecule has 0 bridgehead atoms. The molecule has 2 aromatic carbocycles. The summed E-state index contributed by atoms with van der Waals surface area (Å²) in [6.07, 6.45) is 0. The van der Waals surface area contributed by atoms with E-state index in [-0.39, 0.29) is 11.2 Å². The van der Waals surface area contributed by atoms with Crippen molar-refractivity contribution >= 4 is 39.9 Å². The number of hydrogen-bond donors (Lipinski definition) is 1. The Balaban J connectivity index is 1.39. The molecule has 8 heteroatoms. The molecule has 5 rings (SSSR count). The number of ether oxygens (including phenoxy) is 2. The van der Waals surface area contributed by atoms with Crippen LogP contribution in [0.5, 0.6) is 11.5 Å². The smallest absolute Gasteiger partial charge is 0.237 e. The molecule has 0 spiro atoms. The normalized spacial score (nSPS) is 14.1. The molecule has 1 unspecified atom stereocenters. The van der Waals surface area contributed by atoms with Crippen molar-refractivity contribution in [1.82, 2.24) is 14.6 Å². The number of nitrogens with one attached hydrogen (secondary N) is 1. The molecular formula is C22H20N4O3S. The molecule has 0 fully saturated rings. The van der Waals surface area contributed by atoms with Gasteiger partial charge in [0.25, 0.3) is 0 Å². The Morgan fingerprint density at radius 1 is 1.10 bits per heavy atom. The standard InChI is InChI=1S/C22H20N4O3S/c1-13-11-20-24-25-22(26(20)17-6-4-3-5-16(13)17)30-14(2)21(27)23-15-7-8-18-19(12-15)29-10-9-28-18/h3-8,11-12,14H,9-10H2,1-2H3,(H,23,27). The van der Waals surface area contributed by atoms with Crippen LogP contribution >= 0.6 is 11.8 Å². The molecule has 1 N–H and O–H groups in total. The SMILES string of the molecule is Cc1cc2nnc(SC(C)C(=O)Nc3ccc4c(c3)OCCO4)n2c2ccccc12. The number of amides is 1. The summed E-state index contributed by atoms with van der Waals surface area (Å²) in [5, 5.41) is 13.0. The zero-order chi connectivity index (χ0) is 20.7. The number of carbonyl (C=O) groups is 1. The molecule has 2 aromatic heterocycles. The van der Waals surface area contributed by atoms with Gasteiger partial charge in [-0.25, -0.2) is 0 Å². The Bertz CT molecular complexity index is 1270. The van der Waals surface area contributed by atoms with Crippen LogP contribution in [0.3, 0.4) is 0 Å². The summed E-state index contributed by atoms with van der Waals surface area (Å²) in [6, 6.07) is 15.6. The zero-order valence-electron chi connectivity index (χ0n) is 16.6. The quantitative estimate of drug-likeness (QED) is 0.501. The van der Waals surface area contributed by atoms with E-state index in [0.29, 0.717) is 35.6 Å². The highest BCUT2D eigenvalue weighted by atomic mass is 32.2. The van der Waals surface area contributed by atoms with Crippen LogP contribution in [0.1, 0.15) is 12.5 Å². The molecule has 0 saturated carbocycles. The van der Waals surface area contributed by atoms with Crippen molar-refractivity contribution in [3.8, 4) is 11.5 Å². The number of para-hydroxylation sites is 1. The second-order valence-electron chi connectivity index (χ2n) is 7.13. The molecule has 3 heterocycles. The van der Waals surface area contributed by atoms with Gasteiger partial charge >= 0.3 is 0 Å². The molecule has 0 saturated heterocycles. The largest absolute Gasteiger partial charge is 0.486 e. The van der Waals surface area contributed by atoms with Gasteiger partial charge in [0.15, 0.2) is 22.3 Å². The van der Waals surface area contributed by atoms with Gasteiger partial charge in [-0.05, 0) is 43.7 Å². The lowest BCUT2D eigenvalue weighted by Gasteiger charge is -2.19. The lowest BCUT2D eigenvalue weighted by atomic mass is 10.1. The average molecular weight is 420 g/mol. The van der Waals surface area contributed by atoms with Crippen molar-refractivity contribution in [3.05, 3.63) is 54.1 Å². The Hall–Kier alpha value is -3.26. The monoisotopic (exact) mass is 420 g/mol. The van der Waals surface area contributed by atoms with Crippen molar-refractivity contribution < 1.29 is 14.3 Å². The Morgan fingerprint density at radius 2 is 1.90 bits per heavy atom. The molecule has 30 heavy (non-hydrogen) atoms. The fourth-order valence-electron chi connectivity index (χ4n) is 3.53. The second kappa shape index (κ2) is 7.53. The van der Waals surface area contributed by atoms with E-state index in [9.17, 15) is 4.79 Å². The highest BCUT2D eigenvalue weighted by molar-refractivity contribution is 8.00. The number of carbonyl (C=O) groups excluding carboxylic acids is 1. The third-order valence-electron chi connectivity index (χ3n) is 5.03. The van der Waals surface area contributed by atoms with Crippen LogP contribution in [0.15, 0.2) is 53.7 Å². The van der Waals surface area contributed by atoms with Crippen LogP contribution in [0.25, 0.3) is 16.6 Å². The molecule has 152 valence electrons. The van der Waals surface area contributed by atoms with Gasteiger partial charge < -0.3 is 14.8 Å². The highest BCUT2D eigenvalue weighted by Crippen LogP contribution is 2.33. The minimum atomic E-state index is -0.370. The summed E-state index contributed by atoms with van der Waals surface area (Å²) in [5.41, 5.74) is 3.61. The maximum Gasteiger partial charge on any atom is 0.237 e. The fourth-order valence-corrected chi connectivity index (χ4v) is 4.40. The first kappa shape index (κ1) is 18.7. The predicted octanol–water partition coefficient (Wildman–Crippen LogP) is 4.08. The number of rotatable bonds is 4. The van der Waals surface area contributed by atoms with Gasteiger partial charge in [0.2, 0.25) is 5.91 Å². The summed E-state index contributed by atoms with van der Waals surface area (Å²) in [7, 11) is 0. The third kappa shape index (κ3) is 3.33. The Kier molecular flexibility index (Phi) is 4.71. The number of pyridine rings is 1. The number of nitrogens with zero attached hydrogens (tertiary/aromatic N) is 3. The van der Waals surface area contributed by atoms with Crippen LogP contribution in [-0.2, 0) is 4.79 Å². The molecule has 0 aliphatic carbocycles. The number of aromatic nitrogens is 3. The van der Waals surface area contributed by atoms with E-state index >= 15 is 0 Å².